The van der Waals surface area contributed by atoms with E-state index in [1.807, 2.05) is 11.6 Å². The van der Waals surface area contributed by atoms with E-state index < -0.39 is 0 Å². The lowest BCUT2D eigenvalue weighted by atomic mass is 10.1. The summed E-state index contributed by atoms with van der Waals surface area (Å²) in [4.78, 5) is 14.4. The van der Waals surface area contributed by atoms with Crippen LogP contribution in [0.1, 0.15) is 50.3 Å². The average molecular weight is 353 g/mol. The van der Waals surface area contributed by atoms with Crippen molar-refractivity contribution in [2.45, 2.75) is 52.5 Å². The van der Waals surface area contributed by atoms with Gasteiger partial charge in [-0.05, 0) is 45.4 Å². The zero-order valence-electron chi connectivity index (χ0n) is 14.9. The number of carbonyl (C=O) groups excluding carboxylic acids is 1. The molecule has 1 saturated heterocycles. The molecule has 1 aliphatic heterocycles. The van der Waals surface area contributed by atoms with Crippen LogP contribution in [0.2, 0.25) is 5.15 Å². The lowest BCUT2D eigenvalue weighted by molar-refractivity contribution is -0.116. The second-order valence-electron chi connectivity index (χ2n) is 6.39. The van der Waals surface area contributed by atoms with Gasteiger partial charge in [0.2, 0.25) is 5.91 Å². The van der Waals surface area contributed by atoms with Gasteiger partial charge in [0, 0.05) is 31.3 Å². The largest absolute Gasteiger partial charge is 0.351 e. The summed E-state index contributed by atoms with van der Waals surface area (Å²) in [5.74, 6) is -0.0798. The van der Waals surface area contributed by atoms with Crippen molar-refractivity contribution >= 4 is 23.6 Å². The van der Waals surface area contributed by atoms with Crippen LogP contribution in [0, 0.1) is 6.92 Å². The summed E-state index contributed by atoms with van der Waals surface area (Å²) in [5.41, 5.74) is 1.69. The first-order valence-electron chi connectivity index (χ1n) is 9.03. The lowest BCUT2D eigenvalue weighted by Crippen LogP contribution is -2.37. The van der Waals surface area contributed by atoms with Gasteiger partial charge in [0.25, 0.3) is 0 Å². The minimum Gasteiger partial charge on any atom is -0.351 e. The van der Waals surface area contributed by atoms with Gasteiger partial charge >= 0.3 is 0 Å². The summed E-state index contributed by atoms with van der Waals surface area (Å²) >= 11 is 6.37. The molecule has 2 heterocycles. The Balaban J connectivity index is 1.81. The van der Waals surface area contributed by atoms with Crippen molar-refractivity contribution in [2.24, 2.45) is 0 Å². The van der Waals surface area contributed by atoms with E-state index in [1.165, 1.54) is 19.3 Å². The third kappa shape index (κ3) is 5.64. The summed E-state index contributed by atoms with van der Waals surface area (Å²) in [6, 6.07) is 0. The minimum atomic E-state index is -0.0798. The number of aromatic nitrogens is 2. The SMILES string of the molecule is CCCCn1nc(C)c(/C=C/C(=O)NCCN2CCCCC2)c1Cl. The zero-order valence-corrected chi connectivity index (χ0v) is 15.6. The van der Waals surface area contributed by atoms with E-state index in [-0.39, 0.29) is 5.91 Å². The molecular weight excluding hydrogens is 324 g/mol. The number of rotatable bonds is 8. The van der Waals surface area contributed by atoms with Crippen molar-refractivity contribution < 1.29 is 4.79 Å². The van der Waals surface area contributed by atoms with Crippen LogP contribution in [0.4, 0.5) is 0 Å². The second kappa shape index (κ2) is 9.84. The van der Waals surface area contributed by atoms with E-state index in [4.69, 9.17) is 11.6 Å². The van der Waals surface area contributed by atoms with Gasteiger partial charge in [-0.15, -0.1) is 0 Å². The number of hydrogen-bond donors (Lipinski definition) is 1. The van der Waals surface area contributed by atoms with Crippen LogP contribution in [0.15, 0.2) is 6.08 Å². The van der Waals surface area contributed by atoms with Gasteiger partial charge in [0.05, 0.1) is 5.69 Å². The molecule has 0 saturated carbocycles. The Morgan fingerprint density at radius 3 is 2.75 bits per heavy atom. The van der Waals surface area contributed by atoms with Crippen LogP contribution in [0.5, 0.6) is 0 Å². The molecule has 2 rings (SSSR count). The van der Waals surface area contributed by atoms with Gasteiger partial charge in [0.1, 0.15) is 5.15 Å². The number of halogens is 1. The number of unbranched alkanes of at least 4 members (excludes halogenated alkanes) is 1. The Hall–Kier alpha value is -1.33. The number of carbonyl (C=O) groups is 1. The summed E-state index contributed by atoms with van der Waals surface area (Å²) in [6.45, 7) is 8.78. The van der Waals surface area contributed by atoms with E-state index in [2.05, 4.69) is 22.2 Å². The van der Waals surface area contributed by atoms with Crippen molar-refractivity contribution in [3.8, 4) is 0 Å². The van der Waals surface area contributed by atoms with Gasteiger partial charge in [-0.1, -0.05) is 31.4 Å². The number of nitrogens with one attached hydrogen (secondary N) is 1. The van der Waals surface area contributed by atoms with E-state index in [0.717, 1.165) is 50.3 Å². The highest BCUT2D eigenvalue weighted by Gasteiger charge is 2.11. The quantitative estimate of drug-likeness (QED) is 0.730. The fraction of sp³-hybridized carbons (Fsp3) is 0.667. The van der Waals surface area contributed by atoms with E-state index >= 15 is 0 Å². The summed E-state index contributed by atoms with van der Waals surface area (Å²) in [6.07, 6.45) is 9.33. The van der Waals surface area contributed by atoms with Crippen LogP contribution >= 0.6 is 11.6 Å². The van der Waals surface area contributed by atoms with Crippen molar-refractivity contribution in [1.29, 1.82) is 0 Å². The number of nitrogens with zero attached hydrogens (tertiary/aromatic N) is 3. The zero-order chi connectivity index (χ0) is 17.4. The highest BCUT2D eigenvalue weighted by molar-refractivity contribution is 6.31. The smallest absolute Gasteiger partial charge is 0.244 e. The monoisotopic (exact) mass is 352 g/mol. The third-order valence-corrected chi connectivity index (χ3v) is 4.81. The van der Waals surface area contributed by atoms with Gasteiger partial charge in [0.15, 0.2) is 0 Å². The minimum absolute atomic E-state index is 0.0798. The number of aryl methyl sites for hydroxylation is 2. The molecule has 24 heavy (non-hydrogen) atoms. The molecule has 134 valence electrons. The molecule has 0 unspecified atom stereocenters. The van der Waals surface area contributed by atoms with Gasteiger partial charge in [-0.25, -0.2) is 0 Å². The van der Waals surface area contributed by atoms with Crippen LogP contribution in [-0.2, 0) is 11.3 Å². The molecule has 1 aliphatic rings. The first kappa shape index (κ1) is 19.0. The van der Waals surface area contributed by atoms with Gasteiger partial charge in [-0.2, -0.15) is 5.10 Å². The summed E-state index contributed by atoms with van der Waals surface area (Å²) in [5, 5.41) is 8.00. The molecule has 1 fully saturated rings. The molecule has 0 aliphatic carbocycles. The van der Waals surface area contributed by atoms with Crippen molar-refractivity contribution in [3.63, 3.8) is 0 Å². The molecule has 1 aromatic rings. The number of piperidine rings is 1. The number of amides is 1. The number of hydrogen-bond acceptors (Lipinski definition) is 3. The maximum atomic E-state index is 12.0. The molecule has 5 nitrogen and oxygen atoms in total. The molecule has 1 aromatic heterocycles. The van der Waals surface area contributed by atoms with Gasteiger partial charge in [-0.3, -0.25) is 9.48 Å². The van der Waals surface area contributed by atoms with E-state index in [0.29, 0.717) is 11.7 Å². The molecule has 0 aromatic carbocycles. The molecule has 1 N–H and O–H groups in total. The van der Waals surface area contributed by atoms with Crippen molar-refractivity contribution in [2.75, 3.05) is 26.2 Å². The van der Waals surface area contributed by atoms with Crippen molar-refractivity contribution in [1.82, 2.24) is 20.0 Å². The van der Waals surface area contributed by atoms with Crippen molar-refractivity contribution in [3.05, 3.63) is 22.5 Å². The molecule has 0 atom stereocenters. The van der Waals surface area contributed by atoms with Crippen LogP contribution in [0.3, 0.4) is 0 Å². The summed E-state index contributed by atoms with van der Waals surface area (Å²) in [7, 11) is 0. The summed E-state index contributed by atoms with van der Waals surface area (Å²) < 4.78 is 1.81. The third-order valence-electron chi connectivity index (χ3n) is 4.41. The molecule has 0 radical (unpaired) electrons. The fourth-order valence-electron chi connectivity index (χ4n) is 2.95. The Kier molecular flexibility index (Phi) is 7.79. The predicted molar refractivity (Wildman–Crippen MR) is 99.2 cm³/mol. The molecule has 1 amide bonds. The predicted octanol–water partition coefficient (Wildman–Crippen LogP) is 3.26. The number of likely N-dealkylation sites (tertiary alicyclic amines) is 1. The highest BCUT2D eigenvalue weighted by atomic mass is 35.5. The Morgan fingerprint density at radius 2 is 2.04 bits per heavy atom. The first-order chi connectivity index (χ1) is 11.6. The van der Waals surface area contributed by atoms with E-state index in [1.54, 1.807) is 12.2 Å². The Bertz CT molecular complexity index is 562. The lowest BCUT2D eigenvalue weighted by Gasteiger charge is -2.26. The highest BCUT2D eigenvalue weighted by Crippen LogP contribution is 2.21. The molecule has 0 spiro atoms. The van der Waals surface area contributed by atoms with Crippen LogP contribution < -0.4 is 5.32 Å². The Morgan fingerprint density at radius 1 is 1.29 bits per heavy atom. The fourth-order valence-corrected chi connectivity index (χ4v) is 3.27. The Labute approximate surface area is 150 Å². The molecule has 6 heteroatoms. The van der Waals surface area contributed by atoms with Crippen LogP contribution in [-0.4, -0.2) is 46.8 Å². The maximum Gasteiger partial charge on any atom is 0.244 e. The van der Waals surface area contributed by atoms with E-state index in [9.17, 15) is 4.79 Å². The molecule has 0 bridgehead atoms. The average Bonchev–Trinajstić information content (AvgIpc) is 2.85. The maximum absolute atomic E-state index is 12.0. The first-order valence-corrected chi connectivity index (χ1v) is 9.40. The normalized spacial score (nSPS) is 16.0. The standard InChI is InChI=1S/C18H29ClN4O/c1-3-4-13-23-18(19)16(15(2)21-23)8-9-17(24)20-10-14-22-11-6-5-7-12-22/h8-9H,3-7,10-14H2,1-2H3,(H,20,24)/b9-8+. The van der Waals surface area contributed by atoms with Gasteiger partial charge < -0.3 is 10.2 Å². The molecular formula is C18H29ClN4O. The van der Waals surface area contributed by atoms with Crippen LogP contribution in [0.25, 0.3) is 6.08 Å². The topological polar surface area (TPSA) is 50.2 Å². The second-order valence-corrected chi connectivity index (χ2v) is 6.75.